The quantitative estimate of drug-likeness (QED) is 0.190. The Morgan fingerprint density at radius 3 is 2.08 bits per heavy atom. The molecule has 0 fully saturated rings. The van der Waals surface area contributed by atoms with Crippen LogP contribution in [0.1, 0.15) is 36.4 Å². The molecule has 0 N–H and O–H groups in total. The number of allylic oxidation sites excluding steroid dienone is 1. The molecule has 0 nitrogen and oxygen atoms in total. The van der Waals surface area contributed by atoms with Gasteiger partial charge in [0.1, 0.15) is 0 Å². The Bertz CT molecular complexity index is 1540. The summed E-state index contributed by atoms with van der Waals surface area (Å²) in [6, 6.07) is 32.8. The summed E-state index contributed by atoms with van der Waals surface area (Å²) in [7, 11) is 16.7. The second-order valence-electron chi connectivity index (χ2n) is 10.6. The van der Waals surface area contributed by atoms with Crippen molar-refractivity contribution in [2.24, 2.45) is 0 Å². The summed E-state index contributed by atoms with van der Waals surface area (Å²) in [4.78, 5) is 0. The second kappa shape index (κ2) is 8.92. The summed E-state index contributed by atoms with van der Waals surface area (Å²) in [5, 5.41) is 0. The Kier molecular flexibility index (Phi) is 6.22. The van der Waals surface area contributed by atoms with Gasteiger partial charge in [-0.15, -0.1) is 0 Å². The van der Waals surface area contributed by atoms with E-state index in [4.69, 9.17) is 17.0 Å². The van der Waals surface area contributed by atoms with Gasteiger partial charge >= 0.3 is 233 Å². The number of fused-ring (bicyclic) bond motifs is 4. The zero-order valence-electron chi connectivity index (χ0n) is 20.6. The molecule has 2 atom stereocenters. The number of hydrogen-bond acceptors (Lipinski definition) is 0. The molecule has 4 aromatic carbocycles. The van der Waals surface area contributed by atoms with Crippen molar-refractivity contribution in [3.8, 4) is 22.3 Å². The molecule has 2 unspecified atom stereocenters. The van der Waals surface area contributed by atoms with E-state index < -0.39 is 21.5 Å². The molecule has 0 amide bonds. The third-order valence-electron chi connectivity index (χ3n) is 8.46. The van der Waals surface area contributed by atoms with Crippen molar-refractivity contribution < 1.29 is 15.6 Å². The molecule has 0 aromatic heterocycles. The summed E-state index contributed by atoms with van der Waals surface area (Å²) < 4.78 is 1.26. The molecule has 2 aliphatic carbocycles. The van der Waals surface area contributed by atoms with Crippen LogP contribution >= 0.6 is 33.0 Å². The molecule has 0 saturated carbocycles. The zero-order valence-corrected chi connectivity index (χ0v) is 27.3. The van der Waals surface area contributed by atoms with Crippen LogP contribution in [0.25, 0.3) is 28.3 Å². The molecule has 5 heteroatoms. The first-order valence-electron chi connectivity index (χ1n) is 12.5. The van der Waals surface area contributed by atoms with Crippen LogP contribution in [0.2, 0.25) is 13.1 Å². The molecule has 6 rings (SSSR count). The van der Waals surface area contributed by atoms with Crippen LogP contribution in [-0.2, 0) is 15.6 Å². The predicted molar refractivity (Wildman–Crippen MR) is 160 cm³/mol. The van der Waals surface area contributed by atoms with Gasteiger partial charge in [-0.25, -0.2) is 0 Å². The van der Waals surface area contributed by atoms with Crippen LogP contribution in [0.3, 0.4) is 0 Å². The molecule has 0 bridgehead atoms. The van der Waals surface area contributed by atoms with Gasteiger partial charge in [0.05, 0.1) is 0 Å². The van der Waals surface area contributed by atoms with E-state index in [1.807, 2.05) is 0 Å². The molecular weight excluding hydrogens is 642 g/mol. The van der Waals surface area contributed by atoms with E-state index in [0.717, 1.165) is 4.47 Å². The fourth-order valence-corrected chi connectivity index (χ4v) is 38.6. The van der Waals surface area contributed by atoms with E-state index in [9.17, 15) is 0 Å². The van der Waals surface area contributed by atoms with Crippen molar-refractivity contribution in [1.29, 1.82) is 0 Å². The Hall–Kier alpha value is -1.22. The maximum absolute atomic E-state index is 8.35. The molecule has 2 aliphatic rings. The molecular formula is C31H28BrCl2SiZr. The summed E-state index contributed by atoms with van der Waals surface area (Å²) in [6.45, 7) is 7.06. The van der Waals surface area contributed by atoms with Crippen molar-refractivity contribution in [3.63, 3.8) is 0 Å². The standard InChI is InChI=1S/C16H13.C13H8Br.C2H7Si.2ClH.Zr/c1-12-10-14-8-5-9-15(16(14)11-12)13-6-3-2-4-7-13;14-11-5-6-13-10(8-11)7-9-3-1-2-4-12(9)13;1-3-2;;;/h2-11H,1H3;1-8H;3H,1-2H3;2*1H;/q;;;;;+2/p-2. The van der Waals surface area contributed by atoms with Crippen LogP contribution in [0.15, 0.2) is 101 Å². The average molecular weight is 671 g/mol. The van der Waals surface area contributed by atoms with Gasteiger partial charge in [0.15, 0.2) is 0 Å². The first-order valence-corrected chi connectivity index (χ1v) is 29.6. The molecule has 0 heterocycles. The monoisotopic (exact) mass is 667 g/mol. The van der Waals surface area contributed by atoms with Gasteiger partial charge in [-0.2, -0.15) is 0 Å². The number of halogens is 3. The molecule has 0 spiro atoms. The molecule has 36 heavy (non-hydrogen) atoms. The number of hydrogen-bond donors (Lipinski definition) is 0. The van der Waals surface area contributed by atoms with Crippen LogP contribution in [0.4, 0.5) is 0 Å². The minimum absolute atomic E-state index is 0.0739. The molecule has 0 saturated heterocycles. The zero-order chi connectivity index (χ0) is 25.3. The van der Waals surface area contributed by atoms with Crippen LogP contribution in [-0.4, -0.2) is 5.92 Å². The normalized spacial score (nSPS) is 19.3. The van der Waals surface area contributed by atoms with Gasteiger partial charge in [0.25, 0.3) is 0 Å². The van der Waals surface area contributed by atoms with Gasteiger partial charge in [0.2, 0.25) is 0 Å². The maximum atomic E-state index is 8.35. The second-order valence-corrected chi connectivity index (χ2v) is 54.1. The SMILES string of the molecule is CC1=Cc2c(-c3ccccc3)cccc2[CH]1[Zr]([Cl])([Cl])([CH]1c2ccccc2-c2ccc(Br)cc21)[SiH](C)C. The van der Waals surface area contributed by atoms with E-state index >= 15 is 0 Å². The predicted octanol–water partition coefficient (Wildman–Crippen LogP) is 10.3. The van der Waals surface area contributed by atoms with E-state index in [1.165, 1.54) is 50.1 Å². The van der Waals surface area contributed by atoms with Gasteiger partial charge < -0.3 is 0 Å². The van der Waals surface area contributed by atoms with Crippen LogP contribution < -0.4 is 0 Å². The van der Waals surface area contributed by atoms with E-state index in [1.54, 1.807) is 0 Å². The van der Waals surface area contributed by atoms with Gasteiger partial charge in [-0.05, 0) is 0 Å². The van der Waals surface area contributed by atoms with Crippen LogP contribution in [0.5, 0.6) is 0 Å². The van der Waals surface area contributed by atoms with E-state index in [0.29, 0.717) is 0 Å². The summed E-state index contributed by atoms with van der Waals surface area (Å²) in [5.41, 5.74) is 11.7. The van der Waals surface area contributed by atoms with Crippen LogP contribution in [0, 0.1) is 0 Å². The van der Waals surface area contributed by atoms with Gasteiger partial charge in [-0.1, -0.05) is 0 Å². The van der Waals surface area contributed by atoms with Crippen molar-refractivity contribution in [2.45, 2.75) is 27.3 Å². The Labute approximate surface area is 231 Å². The minimum atomic E-state index is -4.68. The van der Waals surface area contributed by atoms with Crippen molar-refractivity contribution in [1.82, 2.24) is 0 Å². The number of benzene rings is 4. The first-order chi connectivity index (χ1) is 17.2. The molecule has 0 aliphatic heterocycles. The van der Waals surface area contributed by atoms with Gasteiger partial charge in [-0.3, -0.25) is 0 Å². The summed E-state index contributed by atoms with van der Waals surface area (Å²) in [5.74, 6) is -1.56. The van der Waals surface area contributed by atoms with Crippen molar-refractivity contribution >= 4 is 45.0 Å². The number of rotatable bonds is 4. The summed E-state index contributed by atoms with van der Waals surface area (Å²) in [6.07, 6.45) is 2.37. The molecule has 4 aromatic rings. The Morgan fingerprint density at radius 1 is 0.694 bits per heavy atom. The fraction of sp³-hybridized carbons (Fsp3) is 0.161. The molecule has 181 valence electrons. The topological polar surface area (TPSA) is 0 Å². The first kappa shape index (κ1) is 25.1. The third-order valence-corrected chi connectivity index (χ3v) is 60.9. The third kappa shape index (κ3) is 3.53. The van der Waals surface area contributed by atoms with Gasteiger partial charge in [0, 0.05) is 0 Å². The average Bonchev–Trinajstić information content (AvgIpc) is 3.39. The summed E-state index contributed by atoms with van der Waals surface area (Å²) >= 11 is -0.926. The Morgan fingerprint density at radius 2 is 1.33 bits per heavy atom. The van der Waals surface area contributed by atoms with Crippen molar-refractivity contribution in [3.05, 3.63) is 123 Å². The fourth-order valence-electron chi connectivity index (χ4n) is 6.76. The molecule has 0 radical (unpaired) electrons. The van der Waals surface area contributed by atoms with Crippen molar-refractivity contribution in [2.75, 3.05) is 0 Å². The van der Waals surface area contributed by atoms with E-state index in [2.05, 4.69) is 133 Å². The Balaban J connectivity index is 1.63. The van der Waals surface area contributed by atoms with E-state index in [-0.39, 0.29) is 7.25 Å².